The maximum atomic E-state index is 10.3. The number of benzene rings is 4. The van der Waals surface area contributed by atoms with Crippen LogP contribution in [0.2, 0.25) is 0 Å². The fourth-order valence-corrected chi connectivity index (χ4v) is 4.64. The van der Waals surface area contributed by atoms with Gasteiger partial charge in [-0.25, -0.2) is 4.98 Å². The van der Waals surface area contributed by atoms with Gasteiger partial charge in [-0.1, -0.05) is 72.8 Å². The summed E-state index contributed by atoms with van der Waals surface area (Å²) in [5.74, 6) is 1.01. The molecule has 0 amide bonds. The summed E-state index contributed by atoms with van der Waals surface area (Å²) in [6.45, 7) is 0. The minimum Gasteiger partial charge on any atom is -0.507 e. The first-order valence-corrected chi connectivity index (χ1v) is 12.9. The smallest absolute Gasteiger partial charge is 0.136 e. The fourth-order valence-electron chi connectivity index (χ4n) is 4.64. The summed E-state index contributed by atoms with van der Waals surface area (Å²) in [6.07, 6.45) is 2.68. The van der Waals surface area contributed by atoms with E-state index in [0.717, 1.165) is 34.9 Å². The maximum Gasteiger partial charge on any atom is 0.136 e. The molecule has 6 rings (SSSR count). The average Bonchev–Trinajstić information content (AvgIpc) is 3.00. The van der Waals surface area contributed by atoms with Crippen molar-refractivity contribution < 1.29 is 26.2 Å². The zero-order valence-electron chi connectivity index (χ0n) is 21.6. The van der Waals surface area contributed by atoms with Gasteiger partial charge in [-0.15, -0.1) is 29.8 Å². The molecular formula is C35H26N3OPt-. The summed E-state index contributed by atoms with van der Waals surface area (Å²) in [6, 6.07) is 47.6. The number of pyridine rings is 2. The molecule has 0 spiro atoms. The van der Waals surface area contributed by atoms with Crippen LogP contribution in [0.25, 0.3) is 22.5 Å². The number of aromatic hydroxyl groups is 1. The summed E-state index contributed by atoms with van der Waals surface area (Å²) in [4.78, 5) is 11.6. The van der Waals surface area contributed by atoms with Crippen molar-refractivity contribution in [2.24, 2.45) is 0 Å². The van der Waals surface area contributed by atoms with Gasteiger partial charge in [-0.05, 0) is 71.4 Å². The van der Waals surface area contributed by atoms with Crippen molar-refractivity contribution in [3.05, 3.63) is 157 Å². The molecule has 4 aromatic carbocycles. The Bertz CT molecular complexity index is 1690. The third-order valence-electron chi connectivity index (χ3n) is 6.55. The summed E-state index contributed by atoms with van der Waals surface area (Å²) < 4.78 is 0. The van der Waals surface area contributed by atoms with Gasteiger partial charge in [-0.2, -0.15) is 0 Å². The molecule has 4 nitrogen and oxygen atoms in total. The molecule has 0 aliphatic carbocycles. The van der Waals surface area contributed by atoms with Crippen LogP contribution in [0, 0.1) is 6.07 Å². The summed E-state index contributed by atoms with van der Waals surface area (Å²) in [7, 11) is 0. The molecular weight excluding hydrogens is 673 g/mol. The number of phenolic OH excluding ortho intramolecular Hbond substituents is 1. The maximum absolute atomic E-state index is 10.3. The normalized spacial score (nSPS) is 10.5. The topological polar surface area (TPSA) is 49.2 Å². The van der Waals surface area contributed by atoms with Gasteiger partial charge in [0, 0.05) is 38.5 Å². The summed E-state index contributed by atoms with van der Waals surface area (Å²) >= 11 is 0. The van der Waals surface area contributed by atoms with Crippen LogP contribution in [-0.4, -0.2) is 15.1 Å². The predicted octanol–water partition coefficient (Wildman–Crippen LogP) is 8.37. The van der Waals surface area contributed by atoms with Gasteiger partial charge in [0.2, 0.25) is 0 Å². The SMILES string of the molecule is Oc1ccccc1-c1cccc(-c2[c-]c(N(c3ccc(Cc4ccccc4)cc3)c3ccccn3)ccc2)n1.[Pt]. The molecule has 0 unspecified atom stereocenters. The van der Waals surface area contributed by atoms with E-state index >= 15 is 0 Å². The molecule has 0 saturated heterocycles. The van der Waals surface area contributed by atoms with Gasteiger partial charge in [-0.3, -0.25) is 4.98 Å². The number of aromatic nitrogens is 2. The molecule has 40 heavy (non-hydrogen) atoms. The zero-order chi connectivity index (χ0) is 26.4. The third-order valence-corrected chi connectivity index (χ3v) is 6.55. The molecule has 198 valence electrons. The molecule has 0 atom stereocenters. The molecule has 2 heterocycles. The minimum atomic E-state index is 0. The van der Waals surface area contributed by atoms with Crippen LogP contribution in [0.15, 0.2) is 140 Å². The molecule has 0 bridgehead atoms. The molecule has 0 saturated carbocycles. The van der Waals surface area contributed by atoms with E-state index in [9.17, 15) is 5.11 Å². The molecule has 1 N–H and O–H groups in total. The second-order valence-corrected chi connectivity index (χ2v) is 9.23. The molecule has 0 fully saturated rings. The van der Waals surface area contributed by atoms with Crippen molar-refractivity contribution in [1.29, 1.82) is 0 Å². The van der Waals surface area contributed by atoms with E-state index in [-0.39, 0.29) is 26.8 Å². The fraction of sp³-hybridized carbons (Fsp3) is 0.0286. The Morgan fingerprint density at radius 3 is 2.10 bits per heavy atom. The Morgan fingerprint density at radius 1 is 0.625 bits per heavy atom. The van der Waals surface area contributed by atoms with E-state index in [4.69, 9.17) is 4.98 Å². The Balaban J connectivity index is 0.00000323. The van der Waals surface area contributed by atoms with E-state index in [1.54, 1.807) is 18.3 Å². The van der Waals surface area contributed by atoms with Crippen LogP contribution in [-0.2, 0) is 27.5 Å². The van der Waals surface area contributed by atoms with Crippen molar-refractivity contribution in [2.45, 2.75) is 6.42 Å². The Morgan fingerprint density at radius 2 is 1.32 bits per heavy atom. The van der Waals surface area contributed by atoms with Crippen LogP contribution in [0.3, 0.4) is 0 Å². The monoisotopic (exact) mass is 699 g/mol. The first-order chi connectivity index (χ1) is 19.2. The van der Waals surface area contributed by atoms with E-state index in [0.29, 0.717) is 11.3 Å². The number of hydrogen-bond donors (Lipinski definition) is 1. The number of rotatable bonds is 7. The van der Waals surface area contributed by atoms with Crippen LogP contribution >= 0.6 is 0 Å². The van der Waals surface area contributed by atoms with Crippen LogP contribution < -0.4 is 4.90 Å². The second-order valence-electron chi connectivity index (χ2n) is 9.23. The van der Waals surface area contributed by atoms with Crippen molar-refractivity contribution in [2.75, 3.05) is 4.90 Å². The van der Waals surface area contributed by atoms with E-state index in [2.05, 4.69) is 64.5 Å². The first-order valence-electron chi connectivity index (χ1n) is 12.9. The van der Waals surface area contributed by atoms with Crippen LogP contribution in [0.1, 0.15) is 11.1 Å². The van der Waals surface area contributed by atoms with Crippen molar-refractivity contribution >= 4 is 17.2 Å². The largest absolute Gasteiger partial charge is 0.507 e. The van der Waals surface area contributed by atoms with Gasteiger partial charge in [0.25, 0.3) is 0 Å². The molecule has 5 heteroatoms. The van der Waals surface area contributed by atoms with Gasteiger partial charge < -0.3 is 10.0 Å². The molecule has 6 aromatic rings. The molecule has 0 aliphatic rings. The van der Waals surface area contributed by atoms with Crippen molar-refractivity contribution in [3.63, 3.8) is 0 Å². The Kier molecular flexibility index (Phi) is 8.49. The zero-order valence-corrected chi connectivity index (χ0v) is 23.9. The van der Waals surface area contributed by atoms with Crippen molar-refractivity contribution in [1.82, 2.24) is 9.97 Å². The standard InChI is InChI=1S/C35H26N3O.Pt/c39-34-17-5-4-14-31(34)33-16-9-15-32(37-33)28-12-8-13-30(25-28)38(35-18-6-7-23-36-35)29-21-19-27(20-22-29)24-26-10-2-1-3-11-26;/h1-23,39H,24H2;/q-1;. The second kappa shape index (κ2) is 12.5. The summed E-state index contributed by atoms with van der Waals surface area (Å²) in [5.41, 5.74) is 7.41. The van der Waals surface area contributed by atoms with Gasteiger partial charge in [0.05, 0.1) is 5.69 Å². The van der Waals surface area contributed by atoms with E-state index < -0.39 is 0 Å². The van der Waals surface area contributed by atoms with Gasteiger partial charge >= 0.3 is 0 Å². The van der Waals surface area contributed by atoms with Gasteiger partial charge in [0.1, 0.15) is 11.6 Å². The van der Waals surface area contributed by atoms with Crippen LogP contribution in [0.4, 0.5) is 17.2 Å². The van der Waals surface area contributed by atoms with Crippen molar-refractivity contribution in [3.8, 4) is 28.3 Å². The Hall–Kier alpha value is -4.53. The van der Waals surface area contributed by atoms with Gasteiger partial charge in [0.15, 0.2) is 0 Å². The summed E-state index contributed by atoms with van der Waals surface area (Å²) in [5, 5.41) is 10.3. The molecule has 0 aliphatic heterocycles. The minimum absolute atomic E-state index is 0. The number of anilines is 3. The number of hydrogen-bond acceptors (Lipinski definition) is 4. The average molecular weight is 700 g/mol. The number of phenols is 1. The number of para-hydroxylation sites is 1. The number of nitrogens with zero attached hydrogens (tertiary/aromatic N) is 3. The first kappa shape index (κ1) is 27.1. The molecule has 2 aromatic heterocycles. The van der Waals surface area contributed by atoms with E-state index in [1.807, 2.05) is 72.8 Å². The van der Waals surface area contributed by atoms with Crippen LogP contribution in [0.5, 0.6) is 5.75 Å². The van der Waals surface area contributed by atoms with E-state index in [1.165, 1.54) is 11.1 Å². The predicted molar refractivity (Wildman–Crippen MR) is 157 cm³/mol. The molecule has 0 radical (unpaired) electrons. The Labute approximate surface area is 248 Å². The quantitative estimate of drug-likeness (QED) is 0.170. The third kappa shape index (κ3) is 6.03.